The van der Waals surface area contributed by atoms with Crippen LogP contribution in [0.3, 0.4) is 0 Å². The van der Waals surface area contributed by atoms with Gasteiger partial charge in [-0.2, -0.15) is 26.3 Å². The summed E-state index contributed by atoms with van der Waals surface area (Å²) in [5.41, 5.74) is -4.25. The number of halogens is 6. The van der Waals surface area contributed by atoms with Gasteiger partial charge in [0.1, 0.15) is 11.3 Å². The molecule has 2 heterocycles. The molecular formula is C32H26F6N2O2. The van der Waals surface area contributed by atoms with Gasteiger partial charge in [0.25, 0.3) is 0 Å². The normalized spacial score (nSPS) is 14.9. The fourth-order valence-electron chi connectivity index (χ4n) is 5.02. The number of oxazole rings is 1. The zero-order chi connectivity index (χ0) is 30.3. The van der Waals surface area contributed by atoms with Gasteiger partial charge in [-0.1, -0.05) is 74.0 Å². The van der Waals surface area contributed by atoms with Crippen molar-refractivity contribution in [1.29, 1.82) is 0 Å². The number of fused-ring (bicyclic) bond motifs is 2. The van der Waals surface area contributed by atoms with Crippen molar-refractivity contribution in [2.24, 2.45) is 0 Å². The second-order valence-corrected chi connectivity index (χ2v) is 9.58. The highest BCUT2D eigenvalue weighted by molar-refractivity contribution is 5.78. The maximum atomic E-state index is 14.8. The summed E-state index contributed by atoms with van der Waals surface area (Å²) < 4.78 is 100. The number of rotatable bonds is 4. The van der Waals surface area contributed by atoms with Gasteiger partial charge in [0.15, 0.2) is 11.8 Å². The van der Waals surface area contributed by atoms with E-state index in [9.17, 15) is 26.3 Å². The van der Waals surface area contributed by atoms with E-state index in [4.69, 9.17) is 9.15 Å². The highest BCUT2D eigenvalue weighted by atomic mass is 19.4. The Morgan fingerprint density at radius 2 is 1.36 bits per heavy atom. The zero-order valence-electron chi connectivity index (χ0n) is 22.8. The summed E-state index contributed by atoms with van der Waals surface area (Å²) >= 11 is 0. The first-order valence-electron chi connectivity index (χ1n) is 13.2. The molecule has 0 fully saturated rings. The maximum Gasteiger partial charge on any atom is 0.411 e. The monoisotopic (exact) mass is 584 g/mol. The second-order valence-electron chi connectivity index (χ2n) is 9.58. The Bertz CT molecular complexity index is 1680. The molecule has 0 spiro atoms. The minimum atomic E-state index is -5.75. The predicted molar refractivity (Wildman–Crippen MR) is 148 cm³/mol. The van der Waals surface area contributed by atoms with E-state index in [-0.39, 0.29) is 28.4 Å². The predicted octanol–water partition coefficient (Wildman–Crippen LogP) is 9.74. The maximum absolute atomic E-state index is 14.8. The van der Waals surface area contributed by atoms with Gasteiger partial charge in [-0.05, 0) is 54.4 Å². The Hall–Kier alpha value is -4.47. The van der Waals surface area contributed by atoms with E-state index in [2.05, 4.69) is 10.3 Å². The smallest absolute Gasteiger partial charge is 0.411 e. The minimum absolute atomic E-state index is 0.0217. The molecule has 1 aromatic heterocycles. The number of aryl methyl sites for hydroxylation is 1. The first kappa shape index (κ1) is 29.0. The average Bonchev–Trinajstić information content (AvgIpc) is 3.58. The molecule has 4 nitrogen and oxygen atoms in total. The number of aromatic nitrogens is 1. The highest BCUT2D eigenvalue weighted by Gasteiger charge is 2.72. The van der Waals surface area contributed by atoms with E-state index in [1.54, 1.807) is 54.6 Å². The summed E-state index contributed by atoms with van der Waals surface area (Å²) in [7, 11) is 0. The van der Waals surface area contributed by atoms with Crippen molar-refractivity contribution in [2.45, 2.75) is 44.8 Å². The molecule has 0 amide bonds. The molecule has 0 saturated carbocycles. The third-order valence-corrected chi connectivity index (χ3v) is 7.02. The Kier molecular flexibility index (Phi) is 7.42. The van der Waals surface area contributed by atoms with Gasteiger partial charge < -0.3 is 14.5 Å². The van der Waals surface area contributed by atoms with E-state index < -0.39 is 35.1 Å². The third kappa shape index (κ3) is 4.84. The molecule has 1 N–H and O–H groups in total. The van der Waals surface area contributed by atoms with Crippen molar-refractivity contribution < 1.29 is 35.5 Å². The van der Waals surface area contributed by atoms with Crippen LogP contribution >= 0.6 is 0 Å². The lowest BCUT2D eigenvalue weighted by Gasteiger charge is -2.38. The second kappa shape index (κ2) is 10.7. The van der Waals surface area contributed by atoms with E-state index in [1.165, 1.54) is 0 Å². The fraction of sp³-hybridized carbons (Fsp3) is 0.219. The summed E-state index contributed by atoms with van der Waals surface area (Å²) in [6.07, 6.45) is -12.3. The number of hydrogen-bond donors (Lipinski definition) is 1. The van der Waals surface area contributed by atoms with Crippen molar-refractivity contribution in [1.82, 2.24) is 4.98 Å². The molecule has 0 aliphatic carbocycles. The molecule has 1 unspecified atom stereocenters. The number of alkyl halides is 6. The molecule has 42 heavy (non-hydrogen) atoms. The first-order valence-corrected chi connectivity index (χ1v) is 13.2. The number of anilines is 1. The lowest BCUT2D eigenvalue weighted by Crippen LogP contribution is -2.54. The van der Waals surface area contributed by atoms with Gasteiger partial charge in [-0.3, -0.25) is 0 Å². The van der Waals surface area contributed by atoms with Crippen molar-refractivity contribution >= 4 is 16.8 Å². The van der Waals surface area contributed by atoms with Crippen LogP contribution in [-0.4, -0.2) is 17.3 Å². The minimum Gasteiger partial charge on any atom is -0.464 e. The molecule has 5 aromatic rings. The Balaban J connectivity index is 0.00000173. The van der Waals surface area contributed by atoms with Crippen LogP contribution in [0, 0.1) is 6.92 Å². The van der Waals surface area contributed by atoms with E-state index in [0.717, 1.165) is 42.0 Å². The van der Waals surface area contributed by atoms with Crippen LogP contribution in [-0.2, 0) is 5.41 Å². The number of hydrogen-bond acceptors (Lipinski definition) is 4. The quantitative estimate of drug-likeness (QED) is 0.214. The van der Waals surface area contributed by atoms with Crippen LogP contribution in [0.2, 0.25) is 0 Å². The lowest BCUT2D eigenvalue weighted by molar-refractivity contribution is -0.288. The van der Waals surface area contributed by atoms with Crippen molar-refractivity contribution in [3.05, 3.63) is 113 Å². The molecule has 218 valence electrons. The van der Waals surface area contributed by atoms with Crippen LogP contribution in [0.15, 0.2) is 95.4 Å². The molecule has 6 rings (SSSR count). The Morgan fingerprint density at radius 1 is 0.738 bits per heavy atom. The molecule has 1 aliphatic rings. The van der Waals surface area contributed by atoms with Crippen LogP contribution in [0.25, 0.3) is 22.6 Å². The van der Waals surface area contributed by atoms with Crippen molar-refractivity contribution in [3.8, 4) is 17.2 Å². The van der Waals surface area contributed by atoms with Gasteiger partial charge in [-0.25, -0.2) is 4.98 Å². The molecule has 10 heteroatoms. The van der Waals surface area contributed by atoms with Gasteiger partial charge in [-0.15, -0.1) is 0 Å². The van der Waals surface area contributed by atoms with Gasteiger partial charge in [0.2, 0.25) is 11.3 Å². The molecule has 0 bridgehead atoms. The summed E-state index contributed by atoms with van der Waals surface area (Å²) in [6, 6.07) is 21.2. The zero-order valence-corrected chi connectivity index (χ0v) is 22.8. The topological polar surface area (TPSA) is 47.3 Å². The van der Waals surface area contributed by atoms with Crippen LogP contribution in [0.1, 0.15) is 42.3 Å². The molecule has 1 atom stereocenters. The Morgan fingerprint density at radius 3 is 2.00 bits per heavy atom. The summed E-state index contributed by atoms with van der Waals surface area (Å²) in [4.78, 5) is 4.21. The number of nitrogens with one attached hydrogen (secondary N) is 1. The standard InChI is InChI=1S/C30H20F6N2O2.C2H6/c1-17-7-9-19(10-8-17)27-38-23-16-21(12-14-25(23)40-27)28(29(31,32)33,30(34,35)36)20-11-13-24-22(15-20)37-26(39-24)18-5-3-2-4-6-18;1-2/h2-16,26,37H,1H3;1-2H3. The molecular weight excluding hydrogens is 558 g/mol. The molecule has 0 radical (unpaired) electrons. The van der Waals surface area contributed by atoms with Gasteiger partial charge >= 0.3 is 12.4 Å². The third-order valence-electron chi connectivity index (χ3n) is 7.02. The first-order chi connectivity index (χ1) is 20.0. The number of ether oxygens (including phenoxy) is 1. The SMILES string of the molecule is CC.Cc1ccc(-c2nc3cc(C(c4ccc5c(c4)NC(c4ccccc4)O5)(C(F)(F)F)C(F)(F)F)ccc3o2)cc1. The van der Waals surface area contributed by atoms with Crippen molar-refractivity contribution in [3.63, 3.8) is 0 Å². The number of benzene rings is 4. The fourth-order valence-corrected chi connectivity index (χ4v) is 5.02. The van der Waals surface area contributed by atoms with Crippen LogP contribution in [0.4, 0.5) is 32.0 Å². The molecule has 0 saturated heterocycles. The van der Waals surface area contributed by atoms with E-state index in [0.29, 0.717) is 11.1 Å². The van der Waals surface area contributed by atoms with Crippen molar-refractivity contribution in [2.75, 3.05) is 5.32 Å². The van der Waals surface area contributed by atoms with Gasteiger partial charge in [0, 0.05) is 11.1 Å². The lowest BCUT2D eigenvalue weighted by atomic mass is 9.72. The largest absolute Gasteiger partial charge is 0.464 e. The van der Waals surface area contributed by atoms with Crippen LogP contribution in [0.5, 0.6) is 5.75 Å². The Labute approximate surface area is 238 Å². The average molecular weight is 585 g/mol. The van der Waals surface area contributed by atoms with E-state index >= 15 is 0 Å². The van der Waals surface area contributed by atoms with E-state index in [1.807, 2.05) is 20.8 Å². The highest BCUT2D eigenvalue weighted by Crippen LogP contribution is 2.57. The summed E-state index contributed by atoms with van der Waals surface area (Å²) in [6.45, 7) is 5.87. The molecule has 4 aromatic carbocycles. The summed E-state index contributed by atoms with van der Waals surface area (Å²) in [5.74, 6) is 0.230. The van der Waals surface area contributed by atoms with Gasteiger partial charge in [0.05, 0.1) is 5.69 Å². The number of nitrogens with zero attached hydrogens (tertiary/aromatic N) is 1. The van der Waals surface area contributed by atoms with Crippen LogP contribution < -0.4 is 10.1 Å². The molecule has 1 aliphatic heterocycles. The summed E-state index contributed by atoms with van der Waals surface area (Å²) in [5, 5.41) is 2.89.